The zero-order valence-corrected chi connectivity index (χ0v) is 10.0. The lowest BCUT2D eigenvalue weighted by molar-refractivity contribution is -0.157. The normalized spacial score (nSPS) is 29.3. The van der Waals surface area contributed by atoms with Crippen LogP contribution >= 0.6 is 0 Å². The molecule has 0 aromatic carbocycles. The van der Waals surface area contributed by atoms with Crippen LogP contribution in [0.25, 0.3) is 0 Å². The second-order valence-corrected chi connectivity index (χ2v) is 4.29. The molecule has 94 valence electrons. The van der Waals surface area contributed by atoms with Crippen molar-refractivity contribution in [2.45, 2.75) is 26.3 Å². The van der Waals surface area contributed by atoms with Crippen molar-refractivity contribution >= 4 is 5.97 Å². The number of hydrogen-bond acceptors (Lipinski definition) is 5. The van der Waals surface area contributed by atoms with E-state index in [-0.39, 0.29) is 18.6 Å². The Morgan fingerprint density at radius 2 is 2.25 bits per heavy atom. The molecule has 0 aliphatic carbocycles. The monoisotopic (exact) mass is 231 g/mol. The van der Waals surface area contributed by atoms with Crippen molar-refractivity contribution in [1.82, 2.24) is 0 Å². The van der Waals surface area contributed by atoms with Crippen LogP contribution in [0.3, 0.4) is 0 Å². The summed E-state index contributed by atoms with van der Waals surface area (Å²) in [5.41, 5.74) is 5.11. The molecular formula is C11H21NO4. The number of nitrogens with two attached hydrogens (primary N) is 1. The van der Waals surface area contributed by atoms with Crippen LogP contribution in [0.2, 0.25) is 0 Å². The molecule has 16 heavy (non-hydrogen) atoms. The van der Waals surface area contributed by atoms with Gasteiger partial charge in [-0.3, -0.25) is 4.79 Å². The van der Waals surface area contributed by atoms with E-state index in [1.165, 1.54) is 0 Å². The summed E-state index contributed by atoms with van der Waals surface area (Å²) in [6, 6.07) is -0.281. The van der Waals surface area contributed by atoms with E-state index in [2.05, 4.69) is 0 Å². The van der Waals surface area contributed by atoms with E-state index in [1.807, 2.05) is 6.92 Å². The second kappa shape index (κ2) is 6.18. The van der Waals surface area contributed by atoms with Gasteiger partial charge in [0.05, 0.1) is 19.8 Å². The quantitative estimate of drug-likeness (QED) is 0.526. The summed E-state index contributed by atoms with van der Waals surface area (Å²) in [7, 11) is 0. The third kappa shape index (κ3) is 3.17. The van der Waals surface area contributed by atoms with Crippen molar-refractivity contribution in [1.29, 1.82) is 0 Å². The first kappa shape index (κ1) is 13.4. The standard InChI is InChI=1S/C11H21NO4/c1-3-4-14-5-6-16-10(13)11(2)8-15-7-9(11)12/h9H,3-8,12H2,1-2H3. The van der Waals surface area contributed by atoms with Gasteiger partial charge in [-0.25, -0.2) is 0 Å². The smallest absolute Gasteiger partial charge is 0.315 e. The largest absolute Gasteiger partial charge is 0.463 e. The predicted octanol–water partition coefficient (Wildman–Crippen LogP) is 0.320. The van der Waals surface area contributed by atoms with Gasteiger partial charge in [-0.1, -0.05) is 6.92 Å². The molecule has 1 aliphatic heterocycles. The van der Waals surface area contributed by atoms with Gasteiger partial charge in [0.1, 0.15) is 12.0 Å². The van der Waals surface area contributed by atoms with Crippen molar-refractivity contribution in [3.8, 4) is 0 Å². The SMILES string of the molecule is CCCOCCOC(=O)C1(C)COCC1N. The predicted molar refractivity (Wildman–Crippen MR) is 59.0 cm³/mol. The zero-order chi connectivity index (χ0) is 12.0. The highest BCUT2D eigenvalue weighted by Gasteiger charge is 2.45. The number of carbonyl (C=O) groups excluding carboxylic acids is 1. The van der Waals surface area contributed by atoms with Crippen LogP contribution in [0.1, 0.15) is 20.3 Å². The summed E-state index contributed by atoms with van der Waals surface area (Å²) in [5.74, 6) is -0.294. The Labute approximate surface area is 96.2 Å². The summed E-state index contributed by atoms with van der Waals surface area (Å²) >= 11 is 0. The molecule has 0 bridgehead atoms. The van der Waals surface area contributed by atoms with E-state index >= 15 is 0 Å². The molecule has 0 radical (unpaired) electrons. The van der Waals surface area contributed by atoms with E-state index in [9.17, 15) is 4.79 Å². The van der Waals surface area contributed by atoms with Gasteiger partial charge in [-0.15, -0.1) is 0 Å². The highest BCUT2D eigenvalue weighted by molar-refractivity contribution is 5.78. The summed E-state index contributed by atoms with van der Waals surface area (Å²) in [6.07, 6.45) is 0.963. The minimum absolute atomic E-state index is 0.279. The molecule has 0 saturated carbocycles. The molecule has 0 aromatic rings. The van der Waals surface area contributed by atoms with Gasteiger partial charge in [0.15, 0.2) is 0 Å². The third-order valence-electron chi connectivity index (χ3n) is 2.79. The van der Waals surface area contributed by atoms with Crippen molar-refractivity contribution in [3.05, 3.63) is 0 Å². The molecule has 2 atom stereocenters. The second-order valence-electron chi connectivity index (χ2n) is 4.29. The molecule has 5 heteroatoms. The maximum atomic E-state index is 11.8. The molecule has 1 rings (SSSR count). The molecule has 1 aliphatic rings. The molecule has 0 amide bonds. The van der Waals surface area contributed by atoms with Crippen molar-refractivity contribution in [2.75, 3.05) is 33.0 Å². The van der Waals surface area contributed by atoms with Gasteiger partial charge in [0.2, 0.25) is 0 Å². The first-order valence-corrected chi connectivity index (χ1v) is 5.69. The number of rotatable bonds is 6. The summed E-state index contributed by atoms with van der Waals surface area (Å²) < 4.78 is 15.5. The third-order valence-corrected chi connectivity index (χ3v) is 2.79. The minimum atomic E-state index is -0.704. The first-order chi connectivity index (χ1) is 7.61. The Kier molecular flexibility index (Phi) is 5.18. The average Bonchev–Trinajstić information content (AvgIpc) is 2.60. The van der Waals surface area contributed by atoms with Gasteiger partial charge in [0.25, 0.3) is 0 Å². The zero-order valence-electron chi connectivity index (χ0n) is 10.0. The molecule has 2 N–H and O–H groups in total. The summed E-state index contributed by atoms with van der Waals surface area (Å²) in [4.78, 5) is 11.8. The van der Waals surface area contributed by atoms with Crippen LogP contribution < -0.4 is 5.73 Å². The molecular weight excluding hydrogens is 210 g/mol. The Bertz CT molecular complexity index is 234. The number of ether oxygens (including phenoxy) is 3. The molecule has 1 saturated heterocycles. The fraction of sp³-hybridized carbons (Fsp3) is 0.909. The van der Waals surface area contributed by atoms with Gasteiger partial charge in [-0.05, 0) is 13.3 Å². The lowest BCUT2D eigenvalue weighted by Gasteiger charge is -2.24. The van der Waals surface area contributed by atoms with Crippen LogP contribution in [0, 0.1) is 5.41 Å². The first-order valence-electron chi connectivity index (χ1n) is 5.69. The highest BCUT2D eigenvalue weighted by atomic mass is 16.6. The number of carbonyl (C=O) groups is 1. The van der Waals surface area contributed by atoms with Crippen LogP contribution in [0.15, 0.2) is 0 Å². The maximum Gasteiger partial charge on any atom is 0.315 e. The van der Waals surface area contributed by atoms with Crippen molar-refractivity contribution < 1.29 is 19.0 Å². The van der Waals surface area contributed by atoms with Gasteiger partial charge < -0.3 is 19.9 Å². The molecule has 2 unspecified atom stereocenters. The molecule has 1 fully saturated rings. The molecule has 5 nitrogen and oxygen atoms in total. The lowest BCUT2D eigenvalue weighted by Crippen LogP contribution is -2.45. The van der Waals surface area contributed by atoms with Gasteiger partial charge >= 0.3 is 5.97 Å². The number of esters is 1. The van der Waals surface area contributed by atoms with Crippen LogP contribution in [0.4, 0.5) is 0 Å². The lowest BCUT2D eigenvalue weighted by atomic mass is 9.86. The van der Waals surface area contributed by atoms with Gasteiger partial charge in [-0.2, -0.15) is 0 Å². The van der Waals surface area contributed by atoms with Crippen LogP contribution in [0.5, 0.6) is 0 Å². The van der Waals surface area contributed by atoms with E-state index in [0.717, 1.165) is 6.42 Å². The summed E-state index contributed by atoms with van der Waals surface area (Å²) in [5, 5.41) is 0. The van der Waals surface area contributed by atoms with E-state index < -0.39 is 5.41 Å². The maximum absolute atomic E-state index is 11.8. The minimum Gasteiger partial charge on any atom is -0.463 e. The van der Waals surface area contributed by atoms with Crippen molar-refractivity contribution in [3.63, 3.8) is 0 Å². The van der Waals surface area contributed by atoms with E-state index in [4.69, 9.17) is 19.9 Å². The van der Waals surface area contributed by atoms with E-state index in [0.29, 0.717) is 26.4 Å². The van der Waals surface area contributed by atoms with Crippen molar-refractivity contribution in [2.24, 2.45) is 11.1 Å². The molecule has 1 heterocycles. The highest BCUT2D eigenvalue weighted by Crippen LogP contribution is 2.28. The Balaban J connectivity index is 2.24. The molecule has 0 aromatic heterocycles. The average molecular weight is 231 g/mol. The van der Waals surface area contributed by atoms with Crippen LogP contribution in [-0.4, -0.2) is 45.0 Å². The fourth-order valence-electron chi connectivity index (χ4n) is 1.50. The fourth-order valence-corrected chi connectivity index (χ4v) is 1.50. The summed E-state index contributed by atoms with van der Waals surface area (Å²) in [6.45, 7) is 5.97. The Morgan fingerprint density at radius 3 is 2.81 bits per heavy atom. The topological polar surface area (TPSA) is 70.8 Å². The Hall–Kier alpha value is -0.650. The van der Waals surface area contributed by atoms with Crippen LogP contribution in [-0.2, 0) is 19.0 Å². The Morgan fingerprint density at radius 1 is 1.50 bits per heavy atom. The van der Waals surface area contributed by atoms with E-state index in [1.54, 1.807) is 6.92 Å². The molecule has 0 spiro atoms. The number of hydrogen-bond donors (Lipinski definition) is 1. The van der Waals surface area contributed by atoms with Gasteiger partial charge in [0, 0.05) is 12.6 Å².